The van der Waals surface area contributed by atoms with E-state index in [1.807, 2.05) is 34.7 Å². The molecule has 3 rings (SSSR count). The molecule has 1 fully saturated rings. The number of halogens is 1. The van der Waals surface area contributed by atoms with Gasteiger partial charge in [-0.1, -0.05) is 26.0 Å². The summed E-state index contributed by atoms with van der Waals surface area (Å²) in [4.78, 5) is 15.0. The highest BCUT2D eigenvalue weighted by Crippen LogP contribution is 2.24. The van der Waals surface area contributed by atoms with E-state index in [0.29, 0.717) is 29.6 Å². The van der Waals surface area contributed by atoms with Crippen molar-refractivity contribution < 1.29 is 9.18 Å². The Hall–Kier alpha value is -2.17. The maximum atomic E-state index is 13.5. The molecule has 5 heteroatoms. The Labute approximate surface area is 161 Å². The van der Waals surface area contributed by atoms with Crippen molar-refractivity contribution in [1.82, 2.24) is 14.7 Å². The fourth-order valence-corrected chi connectivity index (χ4v) is 3.91. The van der Waals surface area contributed by atoms with Crippen LogP contribution in [0.3, 0.4) is 0 Å². The number of nitrogens with zero attached hydrogens (tertiary/aromatic N) is 3. The van der Waals surface area contributed by atoms with E-state index < -0.39 is 0 Å². The first-order valence-electron chi connectivity index (χ1n) is 9.98. The van der Waals surface area contributed by atoms with E-state index in [9.17, 15) is 9.18 Å². The van der Waals surface area contributed by atoms with Gasteiger partial charge in [-0.25, -0.2) is 4.39 Å². The molecule has 1 aliphatic heterocycles. The van der Waals surface area contributed by atoms with Gasteiger partial charge in [-0.3, -0.25) is 9.48 Å². The number of rotatable bonds is 6. The predicted octanol–water partition coefficient (Wildman–Crippen LogP) is 4.25. The lowest BCUT2D eigenvalue weighted by Crippen LogP contribution is -2.30. The van der Waals surface area contributed by atoms with Crippen LogP contribution in [-0.4, -0.2) is 33.7 Å². The van der Waals surface area contributed by atoms with E-state index >= 15 is 0 Å². The molecule has 1 amide bonds. The fraction of sp³-hybridized carbons (Fsp3) is 0.545. The highest BCUT2D eigenvalue weighted by molar-refractivity contribution is 5.93. The van der Waals surface area contributed by atoms with Crippen molar-refractivity contribution in [2.75, 3.05) is 13.1 Å². The van der Waals surface area contributed by atoms with Crippen molar-refractivity contribution in [2.45, 2.75) is 53.5 Å². The van der Waals surface area contributed by atoms with Gasteiger partial charge in [-0.15, -0.1) is 0 Å². The number of hydrogen-bond donors (Lipinski definition) is 0. The largest absolute Gasteiger partial charge is 0.337 e. The SMILES string of the molecule is CCn1nc(CC(C)C)cc1C(=O)N1CCC(Cc2ccc(F)c(C)c2)C1. The molecular formula is C22H30FN3O. The molecule has 4 nitrogen and oxygen atoms in total. The first-order valence-corrected chi connectivity index (χ1v) is 9.98. The molecule has 2 aromatic rings. The van der Waals surface area contributed by atoms with Gasteiger partial charge in [0.1, 0.15) is 11.5 Å². The van der Waals surface area contributed by atoms with Gasteiger partial charge in [0.2, 0.25) is 0 Å². The molecule has 1 unspecified atom stereocenters. The third-order valence-electron chi connectivity index (χ3n) is 5.29. The maximum absolute atomic E-state index is 13.5. The Bertz CT molecular complexity index is 812. The first kappa shape index (κ1) is 19.6. The molecule has 1 aromatic carbocycles. The zero-order valence-electron chi connectivity index (χ0n) is 16.8. The second kappa shape index (κ2) is 8.24. The van der Waals surface area contributed by atoms with Crippen LogP contribution in [0.5, 0.6) is 0 Å². The van der Waals surface area contributed by atoms with Crippen molar-refractivity contribution >= 4 is 5.91 Å². The van der Waals surface area contributed by atoms with Gasteiger partial charge in [0, 0.05) is 19.6 Å². The monoisotopic (exact) mass is 371 g/mol. The highest BCUT2D eigenvalue weighted by Gasteiger charge is 2.29. The number of aryl methyl sites for hydroxylation is 2. The zero-order valence-corrected chi connectivity index (χ0v) is 16.8. The number of carbonyl (C=O) groups excluding carboxylic acids is 1. The summed E-state index contributed by atoms with van der Waals surface area (Å²) in [6.45, 7) is 10.4. The lowest BCUT2D eigenvalue weighted by molar-refractivity contribution is 0.0775. The number of hydrogen-bond acceptors (Lipinski definition) is 2. The maximum Gasteiger partial charge on any atom is 0.272 e. The van der Waals surface area contributed by atoms with E-state index in [4.69, 9.17) is 0 Å². The number of likely N-dealkylation sites (tertiary alicyclic amines) is 1. The second-order valence-corrected chi connectivity index (χ2v) is 8.13. The standard InChI is InChI=1S/C22H30FN3O/c1-5-26-21(13-19(24-26)10-15(2)3)22(27)25-9-8-18(14-25)12-17-6-7-20(23)16(4)11-17/h6-7,11,13,15,18H,5,8-10,12,14H2,1-4H3. The minimum Gasteiger partial charge on any atom is -0.337 e. The van der Waals surface area contributed by atoms with E-state index in [2.05, 4.69) is 18.9 Å². The summed E-state index contributed by atoms with van der Waals surface area (Å²) in [7, 11) is 0. The van der Waals surface area contributed by atoms with Crippen molar-refractivity contribution in [3.05, 3.63) is 52.6 Å². The van der Waals surface area contributed by atoms with Crippen LogP contribution in [0.25, 0.3) is 0 Å². The van der Waals surface area contributed by atoms with Gasteiger partial charge in [-0.2, -0.15) is 5.10 Å². The van der Waals surface area contributed by atoms with Crippen molar-refractivity contribution in [3.63, 3.8) is 0 Å². The number of carbonyl (C=O) groups is 1. The summed E-state index contributed by atoms with van der Waals surface area (Å²) in [5, 5.41) is 4.60. The molecule has 146 valence electrons. The highest BCUT2D eigenvalue weighted by atomic mass is 19.1. The Morgan fingerprint density at radius 3 is 2.78 bits per heavy atom. The summed E-state index contributed by atoms with van der Waals surface area (Å²) in [5.74, 6) is 0.861. The van der Waals surface area contributed by atoms with Crippen LogP contribution >= 0.6 is 0 Å². The van der Waals surface area contributed by atoms with Gasteiger partial charge in [0.15, 0.2) is 0 Å². The molecule has 0 spiro atoms. The Kier molecular flexibility index (Phi) is 5.98. The molecule has 1 saturated heterocycles. The molecule has 0 saturated carbocycles. The average molecular weight is 372 g/mol. The van der Waals surface area contributed by atoms with Crippen LogP contribution in [0.1, 0.15) is 54.5 Å². The molecule has 1 atom stereocenters. The molecule has 0 N–H and O–H groups in total. The lowest BCUT2D eigenvalue weighted by Gasteiger charge is -2.17. The van der Waals surface area contributed by atoms with E-state index in [-0.39, 0.29) is 11.7 Å². The van der Waals surface area contributed by atoms with Gasteiger partial charge < -0.3 is 4.90 Å². The topological polar surface area (TPSA) is 38.1 Å². The predicted molar refractivity (Wildman–Crippen MR) is 105 cm³/mol. The molecule has 0 aliphatic carbocycles. The van der Waals surface area contributed by atoms with E-state index in [1.165, 1.54) is 0 Å². The van der Waals surface area contributed by atoms with Crippen LogP contribution < -0.4 is 0 Å². The van der Waals surface area contributed by atoms with Crippen molar-refractivity contribution in [2.24, 2.45) is 11.8 Å². The zero-order chi connectivity index (χ0) is 19.6. The third kappa shape index (κ3) is 4.57. The number of benzene rings is 1. The molecule has 1 aliphatic rings. The minimum absolute atomic E-state index is 0.0807. The van der Waals surface area contributed by atoms with Crippen LogP contribution in [0.4, 0.5) is 4.39 Å². The van der Waals surface area contributed by atoms with Crippen molar-refractivity contribution in [1.29, 1.82) is 0 Å². The van der Waals surface area contributed by atoms with E-state index in [1.54, 1.807) is 13.0 Å². The second-order valence-electron chi connectivity index (χ2n) is 8.13. The Morgan fingerprint density at radius 1 is 1.33 bits per heavy atom. The summed E-state index contributed by atoms with van der Waals surface area (Å²) < 4.78 is 15.3. The smallest absolute Gasteiger partial charge is 0.272 e. The Balaban J connectivity index is 1.66. The minimum atomic E-state index is -0.160. The molecule has 0 radical (unpaired) electrons. The van der Waals surface area contributed by atoms with Gasteiger partial charge in [0.25, 0.3) is 5.91 Å². The van der Waals surface area contributed by atoms with Gasteiger partial charge in [-0.05, 0) is 68.2 Å². The van der Waals surface area contributed by atoms with E-state index in [0.717, 1.165) is 43.6 Å². The van der Waals surface area contributed by atoms with Gasteiger partial charge >= 0.3 is 0 Å². The fourth-order valence-electron chi connectivity index (χ4n) is 3.91. The summed E-state index contributed by atoms with van der Waals surface area (Å²) >= 11 is 0. The van der Waals surface area contributed by atoms with Crippen LogP contribution in [0.2, 0.25) is 0 Å². The summed E-state index contributed by atoms with van der Waals surface area (Å²) in [6.07, 6.45) is 2.76. The molecule has 1 aromatic heterocycles. The van der Waals surface area contributed by atoms with Crippen LogP contribution in [-0.2, 0) is 19.4 Å². The number of amides is 1. The molecule has 27 heavy (non-hydrogen) atoms. The normalized spacial score (nSPS) is 17.1. The Morgan fingerprint density at radius 2 is 2.11 bits per heavy atom. The summed E-state index contributed by atoms with van der Waals surface area (Å²) in [6, 6.07) is 7.28. The third-order valence-corrected chi connectivity index (χ3v) is 5.29. The summed E-state index contributed by atoms with van der Waals surface area (Å²) in [5.41, 5.74) is 3.52. The average Bonchev–Trinajstić information content (AvgIpc) is 3.24. The molecule has 0 bridgehead atoms. The van der Waals surface area contributed by atoms with Crippen LogP contribution in [0, 0.1) is 24.6 Å². The van der Waals surface area contributed by atoms with Crippen molar-refractivity contribution in [3.8, 4) is 0 Å². The first-order chi connectivity index (χ1) is 12.9. The number of aromatic nitrogens is 2. The lowest BCUT2D eigenvalue weighted by atomic mass is 9.97. The quantitative estimate of drug-likeness (QED) is 0.761. The molecule has 2 heterocycles. The van der Waals surface area contributed by atoms with Gasteiger partial charge in [0.05, 0.1) is 5.69 Å². The molecular weight excluding hydrogens is 341 g/mol. The van der Waals surface area contributed by atoms with Crippen LogP contribution in [0.15, 0.2) is 24.3 Å².